The van der Waals surface area contributed by atoms with Gasteiger partial charge < -0.3 is 0 Å². The zero-order valence-corrected chi connectivity index (χ0v) is 21.2. The zero-order chi connectivity index (χ0) is 25.9. The van der Waals surface area contributed by atoms with Gasteiger partial charge in [0.1, 0.15) is 11.6 Å². The number of pyridine rings is 2. The lowest BCUT2D eigenvalue weighted by Gasteiger charge is -2.12. The molecule has 0 saturated carbocycles. The highest BCUT2D eigenvalue weighted by molar-refractivity contribution is 5.81. The fourth-order valence-electron chi connectivity index (χ4n) is 4.63. The molecule has 0 spiro atoms. The van der Waals surface area contributed by atoms with Crippen LogP contribution >= 0.6 is 0 Å². The predicted octanol–water partition coefficient (Wildman–Crippen LogP) is 7.61. The monoisotopic (exact) mass is 491 g/mol. The van der Waals surface area contributed by atoms with Crippen LogP contribution in [-0.2, 0) is 0 Å². The maximum atomic E-state index is 4.65. The van der Waals surface area contributed by atoms with Gasteiger partial charge in [-0.25, -0.2) is 15.0 Å². The second-order valence-corrected chi connectivity index (χ2v) is 9.18. The Kier molecular flexibility index (Phi) is 6.24. The molecule has 0 N–H and O–H groups in total. The highest BCUT2D eigenvalue weighted by Crippen LogP contribution is 2.34. The van der Waals surface area contributed by atoms with Gasteiger partial charge in [0.2, 0.25) is 0 Å². The second-order valence-electron chi connectivity index (χ2n) is 9.18. The van der Waals surface area contributed by atoms with Crippen LogP contribution in [0.2, 0.25) is 0 Å². The first-order valence-electron chi connectivity index (χ1n) is 12.5. The number of rotatable bonds is 5. The molecule has 38 heavy (non-hydrogen) atoms. The van der Waals surface area contributed by atoms with Crippen LogP contribution in [0.1, 0.15) is 11.6 Å². The number of nitrogens with zero attached hydrogens (tertiary/aromatic N) is 5. The van der Waals surface area contributed by atoms with E-state index in [-0.39, 0.29) is 0 Å². The van der Waals surface area contributed by atoms with Crippen molar-refractivity contribution >= 4 is 0 Å². The third kappa shape index (κ3) is 4.95. The van der Waals surface area contributed by atoms with Gasteiger partial charge in [-0.15, -0.1) is 0 Å². The van der Waals surface area contributed by atoms with Crippen LogP contribution in [0.5, 0.6) is 0 Å². The van der Waals surface area contributed by atoms with Crippen LogP contribution < -0.4 is 0 Å². The first-order chi connectivity index (χ1) is 18.6. The summed E-state index contributed by atoms with van der Waals surface area (Å²) in [5.74, 6) is 2.10. The summed E-state index contributed by atoms with van der Waals surface area (Å²) < 4.78 is 0. The summed E-state index contributed by atoms with van der Waals surface area (Å²) in [7, 11) is 0. The number of aryl methyl sites for hydroxylation is 2. The largest absolute Gasteiger partial charge is 0.265 e. The Morgan fingerprint density at radius 1 is 0.342 bits per heavy atom. The number of benzene rings is 3. The Hall–Kier alpha value is -5.03. The fraction of sp³-hybridized carbons (Fsp3) is 0.0606. The maximum absolute atomic E-state index is 4.65. The molecule has 0 aliphatic heterocycles. The molecule has 3 aromatic heterocycles. The third-order valence-electron chi connectivity index (χ3n) is 6.51. The SMILES string of the molecule is Cc1nc(C)nc(-c2cc(-c3ccc(-c4ccncc4)cc3)cc(-c3ccc(-c4ccncc4)cc3)c2)n1. The first-order valence-corrected chi connectivity index (χ1v) is 12.5. The predicted molar refractivity (Wildman–Crippen MR) is 152 cm³/mol. The van der Waals surface area contributed by atoms with Crippen molar-refractivity contribution in [1.82, 2.24) is 24.9 Å². The lowest BCUT2D eigenvalue weighted by atomic mass is 9.94. The third-order valence-corrected chi connectivity index (χ3v) is 6.51. The lowest BCUT2D eigenvalue weighted by molar-refractivity contribution is 0.928. The molecule has 0 radical (unpaired) electrons. The Morgan fingerprint density at radius 3 is 1.05 bits per heavy atom. The van der Waals surface area contributed by atoms with Crippen molar-refractivity contribution in [2.75, 3.05) is 0 Å². The van der Waals surface area contributed by atoms with Gasteiger partial charge in [0.05, 0.1) is 0 Å². The van der Waals surface area contributed by atoms with Crippen molar-refractivity contribution in [3.05, 3.63) is 127 Å². The van der Waals surface area contributed by atoms with Crippen molar-refractivity contribution < 1.29 is 0 Å². The summed E-state index contributed by atoms with van der Waals surface area (Å²) in [5, 5.41) is 0. The zero-order valence-electron chi connectivity index (χ0n) is 21.2. The minimum Gasteiger partial charge on any atom is -0.265 e. The van der Waals surface area contributed by atoms with E-state index < -0.39 is 0 Å². The van der Waals surface area contributed by atoms with Gasteiger partial charge in [0.25, 0.3) is 0 Å². The van der Waals surface area contributed by atoms with Crippen molar-refractivity contribution in [3.63, 3.8) is 0 Å². The van der Waals surface area contributed by atoms with Crippen molar-refractivity contribution in [3.8, 4) is 55.9 Å². The smallest absolute Gasteiger partial charge is 0.163 e. The van der Waals surface area contributed by atoms with Crippen LogP contribution in [0.3, 0.4) is 0 Å². The molecule has 5 nitrogen and oxygen atoms in total. The fourth-order valence-corrected chi connectivity index (χ4v) is 4.63. The van der Waals surface area contributed by atoms with Crippen LogP contribution in [0.25, 0.3) is 55.9 Å². The van der Waals surface area contributed by atoms with E-state index >= 15 is 0 Å². The molecule has 0 aliphatic carbocycles. The van der Waals surface area contributed by atoms with Gasteiger partial charge in [-0.05, 0) is 101 Å². The Bertz CT molecular complexity index is 1570. The highest BCUT2D eigenvalue weighted by atomic mass is 15.0. The molecule has 0 saturated heterocycles. The Morgan fingerprint density at radius 2 is 0.658 bits per heavy atom. The Balaban J connectivity index is 1.44. The van der Waals surface area contributed by atoms with Crippen LogP contribution in [0.4, 0.5) is 0 Å². The minimum absolute atomic E-state index is 0.680. The van der Waals surface area contributed by atoms with Gasteiger partial charge in [-0.3, -0.25) is 9.97 Å². The van der Waals surface area contributed by atoms with E-state index in [1.807, 2.05) is 62.9 Å². The molecule has 0 fully saturated rings. The topological polar surface area (TPSA) is 64.5 Å². The molecule has 0 aliphatic rings. The van der Waals surface area contributed by atoms with E-state index in [9.17, 15) is 0 Å². The molecule has 3 aromatic carbocycles. The summed E-state index contributed by atoms with van der Waals surface area (Å²) in [6, 6.07) is 31.9. The first kappa shape index (κ1) is 23.4. The molecule has 182 valence electrons. The van der Waals surface area contributed by atoms with E-state index in [0.29, 0.717) is 17.5 Å². The van der Waals surface area contributed by atoms with Gasteiger partial charge in [0.15, 0.2) is 5.82 Å². The van der Waals surface area contributed by atoms with E-state index in [0.717, 1.165) is 50.1 Å². The van der Waals surface area contributed by atoms with E-state index in [1.165, 1.54) is 0 Å². The van der Waals surface area contributed by atoms with Gasteiger partial charge in [-0.2, -0.15) is 0 Å². The molecule has 0 amide bonds. The quantitative estimate of drug-likeness (QED) is 0.248. The summed E-state index contributed by atoms with van der Waals surface area (Å²) in [5.41, 5.74) is 10.0. The number of aromatic nitrogens is 5. The standard InChI is InChI=1S/C33H25N5/c1-22-36-23(2)38-33(37-22)32-20-30(26-7-3-24(4-8-26)28-11-15-34-16-12-28)19-31(21-32)27-9-5-25(6-10-27)29-13-17-35-18-14-29/h3-21H,1-2H3. The van der Waals surface area contributed by atoms with E-state index in [2.05, 4.69) is 91.6 Å². The van der Waals surface area contributed by atoms with Crippen molar-refractivity contribution in [2.24, 2.45) is 0 Å². The highest BCUT2D eigenvalue weighted by Gasteiger charge is 2.11. The molecule has 0 atom stereocenters. The Labute approximate surface area is 222 Å². The van der Waals surface area contributed by atoms with Crippen molar-refractivity contribution in [2.45, 2.75) is 13.8 Å². The van der Waals surface area contributed by atoms with Crippen molar-refractivity contribution in [1.29, 1.82) is 0 Å². The molecule has 0 unspecified atom stereocenters. The summed E-state index contributed by atoms with van der Waals surface area (Å²) in [6.45, 7) is 3.80. The van der Waals surface area contributed by atoms with Gasteiger partial charge in [-0.1, -0.05) is 48.5 Å². The average molecular weight is 492 g/mol. The molecule has 5 heteroatoms. The molecular formula is C33H25N5. The average Bonchev–Trinajstić information content (AvgIpc) is 2.97. The molecule has 6 aromatic rings. The van der Waals surface area contributed by atoms with Gasteiger partial charge in [0, 0.05) is 30.4 Å². The van der Waals surface area contributed by atoms with Crippen LogP contribution in [0, 0.1) is 13.8 Å². The van der Waals surface area contributed by atoms with Gasteiger partial charge >= 0.3 is 0 Å². The number of hydrogen-bond donors (Lipinski definition) is 0. The molecule has 3 heterocycles. The summed E-state index contributed by atoms with van der Waals surface area (Å²) in [6.07, 6.45) is 7.27. The molecular weight excluding hydrogens is 466 g/mol. The minimum atomic E-state index is 0.680. The second kappa shape index (κ2) is 10.1. The van der Waals surface area contributed by atoms with Crippen LogP contribution in [0.15, 0.2) is 116 Å². The van der Waals surface area contributed by atoms with E-state index in [1.54, 1.807) is 0 Å². The summed E-state index contributed by atoms with van der Waals surface area (Å²) >= 11 is 0. The summed E-state index contributed by atoms with van der Waals surface area (Å²) in [4.78, 5) is 21.9. The van der Waals surface area contributed by atoms with E-state index in [4.69, 9.17) is 0 Å². The molecule has 6 rings (SSSR count). The number of hydrogen-bond acceptors (Lipinski definition) is 5. The molecule has 0 bridgehead atoms. The maximum Gasteiger partial charge on any atom is 0.163 e. The normalized spacial score (nSPS) is 10.9. The van der Waals surface area contributed by atoms with Crippen LogP contribution in [-0.4, -0.2) is 24.9 Å². The lowest BCUT2D eigenvalue weighted by Crippen LogP contribution is -1.99.